The van der Waals surface area contributed by atoms with Gasteiger partial charge < -0.3 is 10.2 Å². The fourth-order valence-electron chi connectivity index (χ4n) is 3.90. The minimum Gasteiger partial charge on any atom is -0.317 e. The molecule has 2 fully saturated rings. The van der Waals surface area contributed by atoms with E-state index in [-0.39, 0.29) is 0 Å². The van der Waals surface area contributed by atoms with E-state index in [1.54, 1.807) is 0 Å². The van der Waals surface area contributed by atoms with Gasteiger partial charge in [-0.15, -0.1) is 0 Å². The first-order valence-corrected chi connectivity index (χ1v) is 8.66. The molecule has 106 valence electrons. The average molecular weight is 270 g/mol. The van der Waals surface area contributed by atoms with Crippen molar-refractivity contribution < 1.29 is 0 Å². The number of rotatable bonds is 3. The fraction of sp³-hybridized carbons (Fsp3) is 1.00. The third kappa shape index (κ3) is 3.64. The summed E-state index contributed by atoms with van der Waals surface area (Å²) in [5.41, 5.74) is 0. The van der Waals surface area contributed by atoms with Crippen LogP contribution < -0.4 is 5.32 Å². The zero-order valence-corrected chi connectivity index (χ0v) is 13.3. The Balaban J connectivity index is 1.92. The van der Waals surface area contributed by atoms with E-state index in [1.807, 2.05) is 0 Å². The van der Waals surface area contributed by atoms with E-state index in [2.05, 4.69) is 49.8 Å². The van der Waals surface area contributed by atoms with E-state index < -0.39 is 0 Å². The van der Waals surface area contributed by atoms with Crippen molar-refractivity contribution in [2.24, 2.45) is 17.8 Å². The Morgan fingerprint density at radius 3 is 2.67 bits per heavy atom. The molecule has 0 spiro atoms. The van der Waals surface area contributed by atoms with Gasteiger partial charge in [0.2, 0.25) is 0 Å². The summed E-state index contributed by atoms with van der Waals surface area (Å²) in [6.45, 7) is 11.1. The molecule has 1 N–H and O–H groups in total. The van der Waals surface area contributed by atoms with Crippen LogP contribution in [0.2, 0.25) is 0 Å². The molecule has 1 saturated heterocycles. The molecule has 1 heterocycles. The summed E-state index contributed by atoms with van der Waals surface area (Å²) >= 11 is 2.13. The number of thioether (sulfide) groups is 1. The zero-order chi connectivity index (χ0) is 13.1. The molecule has 2 rings (SSSR count). The number of hydrogen-bond donors (Lipinski definition) is 1. The van der Waals surface area contributed by atoms with Crippen molar-refractivity contribution in [3.05, 3.63) is 0 Å². The van der Waals surface area contributed by atoms with Crippen LogP contribution >= 0.6 is 11.8 Å². The Labute approximate surface area is 117 Å². The molecule has 0 radical (unpaired) electrons. The fourth-order valence-corrected chi connectivity index (χ4v) is 4.99. The second kappa shape index (κ2) is 6.62. The van der Waals surface area contributed by atoms with E-state index in [0.717, 1.165) is 29.0 Å². The lowest BCUT2D eigenvalue weighted by Crippen LogP contribution is -2.50. The molecule has 1 aliphatic heterocycles. The van der Waals surface area contributed by atoms with Crippen LogP contribution in [0.3, 0.4) is 0 Å². The molecule has 0 bridgehead atoms. The van der Waals surface area contributed by atoms with Crippen LogP contribution in [-0.4, -0.2) is 48.6 Å². The Bertz CT molecular complexity index is 259. The van der Waals surface area contributed by atoms with Crippen LogP contribution in [0.25, 0.3) is 0 Å². The summed E-state index contributed by atoms with van der Waals surface area (Å²) in [4.78, 5) is 2.71. The van der Waals surface area contributed by atoms with E-state index in [0.29, 0.717) is 0 Å². The largest absolute Gasteiger partial charge is 0.317 e. The highest BCUT2D eigenvalue weighted by Crippen LogP contribution is 2.34. The lowest BCUT2D eigenvalue weighted by atomic mass is 9.72. The van der Waals surface area contributed by atoms with E-state index >= 15 is 0 Å². The first-order chi connectivity index (χ1) is 8.60. The molecule has 0 aromatic carbocycles. The first-order valence-electron chi connectivity index (χ1n) is 7.61. The van der Waals surface area contributed by atoms with Gasteiger partial charge in [-0.05, 0) is 37.6 Å². The molecule has 1 saturated carbocycles. The van der Waals surface area contributed by atoms with Crippen molar-refractivity contribution in [3.63, 3.8) is 0 Å². The van der Waals surface area contributed by atoms with Crippen molar-refractivity contribution in [2.45, 2.75) is 44.9 Å². The van der Waals surface area contributed by atoms with Gasteiger partial charge >= 0.3 is 0 Å². The quantitative estimate of drug-likeness (QED) is 0.849. The molecule has 5 atom stereocenters. The summed E-state index contributed by atoms with van der Waals surface area (Å²) in [5.74, 6) is 3.94. The van der Waals surface area contributed by atoms with Crippen LogP contribution in [0.4, 0.5) is 0 Å². The van der Waals surface area contributed by atoms with Crippen molar-refractivity contribution >= 4 is 11.8 Å². The van der Waals surface area contributed by atoms with E-state index in [4.69, 9.17) is 0 Å². The van der Waals surface area contributed by atoms with Gasteiger partial charge in [-0.2, -0.15) is 11.8 Å². The van der Waals surface area contributed by atoms with Crippen LogP contribution in [0.15, 0.2) is 0 Å². The number of nitrogens with one attached hydrogen (secondary N) is 1. The summed E-state index contributed by atoms with van der Waals surface area (Å²) in [5, 5.41) is 4.41. The summed E-state index contributed by atoms with van der Waals surface area (Å²) in [6, 6.07) is 0.730. The molecule has 18 heavy (non-hydrogen) atoms. The molecule has 0 aromatic heterocycles. The van der Waals surface area contributed by atoms with Crippen LogP contribution in [0, 0.1) is 17.8 Å². The molecule has 0 aromatic rings. The summed E-state index contributed by atoms with van der Waals surface area (Å²) < 4.78 is 0. The second-order valence-electron chi connectivity index (χ2n) is 6.55. The lowest BCUT2D eigenvalue weighted by Gasteiger charge is -2.43. The number of nitrogens with zero attached hydrogens (tertiary/aromatic N) is 1. The molecule has 3 heteroatoms. The highest BCUT2D eigenvalue weighted by atomic mass is 32.2. The van der Waals surface area contributed by atoms with Gasteiger partial charge in [0, 0.05) is 36.7 Å². The zero-order valence-electron chi connectivity index (χ0n) is 12.5. The maximum absolute atomic E-state index is 3.58. The summed E-state index contributed by atoms with van der Waals surface area (Å²) in [6.07, 6.45) is 2.78. The Hall–Kier alpha value is 0.270. The molecule has 5 unspecified atom stereocenters. The topological polar surface area (TPSA) is 15.3 Å². The molecule has 1 aliphatic carbocycles. The van der Waals surface area contributed by atoms with Crippen molar-refractivity contribution in [1.82, 2.24) is 10.2 Å². The number of hydrogen-bond acceptors (Lipinski definition) is 3. The Morgan fingerprint density at radius 2 is 2.00 bits per heavy atom. The van der Waals surface area contributed by atoms with Gasteiger partial charge in [-0.25, -0.2) is 0 Å². The maximum Gasteiger partial charge on any atom is 0.0147 e. The Kier molecular flexibility index (Phi) is 5.40. The maximum atomic E-state index is 3.58. The normalized spacial score (nSPS) is 43.0. The predicted molar refractivity (Wildman–Crippen MR) is 82.3 cm³/mol. The van der Waals surface area contributed by atoms with Gasteiger partial charge in [0.15, 0.2) is 0 Å². The first kappa shape index (κ1) is 14.7. The monoisotopic (exact) mass is 270 g/mol. The smallest absolute Gasteiger partial charge is 0.0147 e. The van der Waals surface area contributed by atoms with Crippen molar-refractivity contribution in [2.75, 3.05) is 32.4 Å². The third-order valence-electron chi connectivity index (χ3n) is 4.84. The molecular weight excluding hydrogens is 240 g/mol. The predicted octanol–water partition coefficient (Wildman–Crippen LogP) is 2.69. The van der Waals surface area contributed by atoms with Crippen molar-refractivity contribution in [3.8, 4) is 0 Å². The molecular formula is C15H30N2S. The Morgan fingerprint density at radius 1 is 1.22 bits per heavy atom. The molecule has 2 aliphatic rings. The van der Waals surface area contributed by atoms with Crippen LogP contribution in [0.5, 0.6) is 0 Å². The van der Waals surface area contributed by atoms with Crippen molar-refractivity contribution in [1.29, 1.82) is 0 Å². The van der Waals surface area contributed by atoms with E-state index in [9.17, 15) is 0 Å². The van der Waals surface area contributed by atoms with Crippen LogP contribution in [0.1, 0.15) is 33.6 Å². The van der Waals surface area contributed by atoms with E-state index in [1.165, 1.54) is 38.2 Å². The van der Waals surface area contributed by atoms with Gasteiger partial charge in [-0.1, -0.05) is 20.8 Å². The SMILES string of the molecule is CNC1CC(C)CC(C)C1CN1CCSC(C)C1. The average Bonchev–Trinajstić information content (AvgIpc) is 2.32. The highest BCUT2D eigenvalue weighted by molar-refractivity contribution is 7.99. The minimum absolute atomic E-state index is 0.730. The minimum atomic E-state index is 0.730. The van der Waals surface area contributed by atoms with Gasteiger partial charge in [-0.3, -0.25) is 0 Å². The van der Waals surface area contributed by atoms with Gasteiger partial charge in [0.1, 0.15) is 0 Å². The standard InChI is InChI=1S/C15H30N2S/c1-11-7-12(2)14(15(8-11)16-4)10-17-5-6-18-13(3)9-17/h11-16H,5-10H2,1-4H3. The van der Waals surface area contributed by atoms with Gasteiger partial charge in [0.25, 0.3) is 0 Å². The molecule has 2 nitrogen and oxygen atoms in total. The van der Waals surface area contributed by atoms with Crippen LogP contribution in [-0.2, 0) is 0 Å². The third-order valence-corrected chi connectivity index (χ3v) is 5.98. The highest BCUT2D eigenvalue weighted by Gasteiger charge is 2.34. The summed E-state index contributed by atoms with van der Waals surface area (Å²) in [7, 11) is 2.15. The lowest BCUT2D eigenvalue weighted by molar-refractivity contribution is 0.106. The second-order valence-corrected chi connectivity index (χ2v) is 8.10. The molecule has 0 amide bonds. The van der Waals surface area contributed by atoms with Gasteiger partial charge in [0.05, 0.1) is 0 Å².